The molecule has 1 saturated heterocycles. The van der Waals surface area contributed by atoms with Crippen LogP contribution in [-0.4, -0.2) is 72.9 Å². The molecule has 2 heterocycles. The molecular formula is C22H30BrN5O2S. The SMILES string of the molecule is CN1CCN(CCCNC(=O)[C@H]2[C@H](C(=O)Nc3ncc(Br)s3)[C@H]3C=C[C@H]2C32CC2)CC1. The third kappa shape index (κ3) is 4.10. The molecule has 7 nitrogen and oxygen atoms in total. The van der Waals surface area contributed by atoms with E-state index in [9.17, 15) is 9.59 Å². The second kappa shape index (κ2) is 8.57. The van der Waals surface area contributed by atoms with Gasteiger partial charge < -0.3 is 20.4 Å². The Bertz CT molecular complexity index is 877. The monoisotopic (exact) mass is 507 g/mol. The van der Waals surface area contributed by atoms with Crippen LogP contribution in [0.3, 0.4) is 0 Å². The van der Waals surface area contributed by atoms with E-state index < -0.39 is 0 Å². The zero-order valence-corrected chi connectivity index (χ0v) is 20.3. The lowest BCUT2D eigenvalue weighted by Crippen LogP contribution is -2.45. The second-order valence-electron chi connectivity index (χ2n) is 9.47. The van der Waals surface area contributed by atoms with Crippen LogP contribution >= 0.6 is 27.3 Å². The molecule has 0 unspecified atom stereocenters. The van der Waals surface area contributed by atoms with Crippen molar-refractivity contribution in [1.29, 1.82) is 0 Å². The molecule has 9 heteroatoms. The Morgan fingerprint density at radius 3 is 2.45 bits per heavy atom. The van der Waals surface area contributed by atoms with E-state index in [1.165, 1.54) is 11.3 Å². The molecule has 2 bridgehead atoms. The van der Waals surface area contributed by atoms with Crippen LogP contribution in [0.2, 0.25) is 0 Å². The lowest BCUT2D eigenvalue weighted by Gasteiger charge is -2.32. The molecule has 31 heavy (non-hydrogen) atoms. The lowest BCUT2D eigenvalue weighted by molar-refractivity contribution is -0.132. The van der Waals surface area contributed by atoms with Gasteiger partial charge in [0.15, 0.2) is 5.13 Å². The van der Waals surface area contributed by atoms with Crippen molar-refractivity contribution in [1.82, 2.24) is 20.1 Å². The molecule has 1 aromatic heterocycles. The van der Waals surface area contributed by atoms with Gasteiger partial charge in [-0.15, -0.1) is 0 Å². The highest BCUT2D eigenvalue weighted by atomic mass is 79.9. The van der Waals surface area contributed by atoms with Crippen LogP contribution in [-0.2, 0) is 9.59 Å². The number of hydrogen-bond acceptors (Lipinski definition) is 6. The molecule has 2 amide bonds. The first-order valence-corrected chi connectivity index (χ1v) is 12.9. The summed E-state index contributed by atoms with van der Waals surface area (Å²) in [5, 5.41) is 6.72. The van der Waals surface area contributed by atoms with E-state index in [-0.39, 0.29) is 40.9 Å². The Morgan fingerprint density at radius 1 is 1.16 bits per heavy atom. The van der Waals surface area contributed by atoms with Gasteiger partial charge in [-0.1, -0.05) is 23.5 Å². The fraction of sp³-hybridized carbons (Fsp3) is 0.682. The number of allylic oxidation sites excluding steroid dienone is 2. The van der Waals surface area contributed by atoms with Crippen LogP contribution in [0.4, 0.5) is 5.13 Å². The van der Waals surface area contributed by atoms with E-state index in [2.05, 4.69) is 60.5 Å². The number of nitrogens with zero attached hydrogens (tertiary/aromatic N) is 3. The summed E-state index contributed by atoms with van der Waals surface area (Å²) in [5.74, 6) is -0.247. The van der Waals surface area contributed by atoms with Gasteiger partial charge in [0, 0.05) is 32.7 Å². The van der Waals surface area contributed by atoms with E-state index in [4.69, 9.17) is 0 Å². The Hall–Kier alpha value is -1.29. The van der Waals surface area contributed by atoms with Gasteiger partial charge in [-0.25, -0.2) is 4.98 Å². The summed E-state index contributed by atoms with van der Waals surface area (Å²) in [6, 6.07) is 0. The quantitative estimate of drug-likeness (QED) is 0.437. The Labute approximate surface area is 195 Å². The summed E-state index contributed by atoms with van der Waals surface area (Å²) in [6.45, 7) is 6.09. The first kappa shape index (κ1) is 21.6. The highest BCUT2D eigenvalue weighted by Gasteiger charge is 2.69. The summed E-state index contributed by atoms with van der Waals surface area (Å²) in [5.41, 5.74) is 0.146. The molecule has 3 fully saturated rings. The number of hydrogen-bond donors (Lipinski definition) is 2. The molecule has 2 saturated carbocycles. The van der Waals surface area contributed by atoms with Crippen LogP contribution in [0.1, 0.15) is 19.3 Å². The highest BCUT2D eigenvalue weighted by Crippen LogP contribution is 2.72. The second-order valence-corrected chi connectivity index (χ2v) is 11.9. The normalized spacial score (nSPS) is 31.3. The van der Waals surface area contributed by atoms with Crippen LogP contribution < -0.4 is 10.6 Å². The average molecular weight is 508 g/mol. The largest absolute Gasteiger partial charge is 0.356 e. The predicted octanol–water partition coefficient (Wildman–Crippen LogP) is 2.43. The first-order chi connectivity index (χ1) is 15.0. The Kier molecular flexibility index (Phi) is 5.96. The average Bonchev–Trinajstić information content (AvgIpc) is 3.25. The minimum atomic E-state index is -0.308. The van der Waals surface area contributed by atoms with Gasteiger partial charge in [0.2, 0.25) is 11.8 Å². The van der Waals surface area contributed by atoms with Crippen LogP contribution in [0.25, 0.3) is 0 Å². The molecule has 1 aliphatic heterocycles. The van der Waals surface area contributed by atoms with Gasteiger partial charge in [-0.05, 0) is 66.0 Å². The fourth-order valence-electron chi connectivity index (χ4n) is 5.91. The molecule has 5 rings (SSSR count). The number of likely N-dealkylation sites (N-methyl/N-ethyl adjacent to an activating group) is 1. The molecule has 4 aliphatic rings. The van der Waals surface area contributed by atoms with Crippen molar-refractivity contribution < 1.29 is 9.59 Å². The number of piperazine rings is 1. The maximum Gasteiger partial charge on any atom is 0.230 e. The minimum absolute atomic E-state index is 0.0435. The highest BCUT2D eigenvalue weighted by molar-refractivity contribution is 9.11. The molecule has 1 aromatic rings. The number of amides is 2. The number of anilines is 1. The number of nitrogens with one attached hydrogen (secondary N) is 2. The molecule has 3 aliphatic carbocycles. The molecular weight excluding hydrogens is 478 g/mol. The zero-order valence-electron chi connectivity index (χ0n) is 17.8. The number of carbonyl (C=O) groups is 2. The zero-order chi connectivity index (χ0) is 21.6. The number of aromatic nitrogens is 1. The van der Waals surface area contributed by atoms with E-state index in [0.29, 0.717) is 11.7 Å². The van der Waals surface area contributed by atoms with Crippen molar-refractivity contribution in [2.45, 2.75) is 19.3 Å². The first-order valence-electron chi connectivity index (χ1n) is 11.3. The van der Waals surface area contributed by atoms with Crippen molar-refractivity contribution >= 4 is 44.2 Å². The number of carbonyl (C=O) groups excluding carboxylic acids is 2. The van der Waals surface area contributed by atoms with Gasteiger partial charge in [0.05, 0.1) is 21.8 Å². The predicted molar refractivity (Wildman–Crippen MR) is 125 cm³/mol. The van der Waals surface area contributed by atoms with Crippen LogP contribution in [0.15, 0.2) is 22.1 Å². The maximum atomic E-state index is 13.3. The van der Waals surface area contributed by atoms with E-state index in [1.54, 1.807) is 6.20 Å². The molecule has 2 N–H and O–H groups in total. The molecule has 0 aromatic carbocycles. The van der Waals surface area contributed by atoms with Crippen molar-refractivity contribution in [3.05, 3.63) is 22.1 Å². The molecule has 168 valence electrons. The molecule has 4 atom stereocenters. The summed E-state index contributed by atoms with van der Waals surface area (Å²) >= 11 is 4.79. The smallest absolute Gasteiger partial charge is 0.230 e. The lowest BCUT2D eigenvalue weighted by atomic mass is 9.81. The van der Waals surface area contributed by atoms with Crippen molar-refractivity contribution in [2.75, 3.05) is 51.6 Å². The summed E-state index contributed by atoms with van der Waals surface area (Å²) in [7, 11) is 2.16. The van der Waals surface area contributed by atoms with Crippen LogP contribution in [0.5, 0.6) is 0 Å². The van der Waals surface area contributed by atoms with Gasteiger partial charge >= 0.3 is 0 Å². The standard InChI is InChI=1S/C22H30BrN5O2S/c1-27-9-11-28(12-10-27)8-2-7-24-19(29)17-14-3-4-15(22(14)5-6-22)18(17)20(30)26-21-25-13-16(23)31-21/h3-4,13-15,17-18H,2,5-12H2,1H3,(H,24,29)(H,25,26,30)/t14-,15-,17-,18-/m1/s1. The summed E-state index contributed by atoms with van der Waals surface area (Å²) < 4.78 is 0.879. The number of rotatable bonds is 7. The molecule has 0 radical (unpaired) electrons. The van der Waals surface area contributed by atoms with Crippen LogP contribution in [0, 0.1) is 29.1 Å². The van der Waals surface area contributed by atoms with Crippen molar-refractivity contribution in [3.8, 4) is 0 Å². The van der Waals surface area contributed by atoms with E-state index >= 15 is 0 Å². The maximum absolute atomic E-state index is 13.3. The number of halogens is 1. The number of thiazole rings is 1. The van der Waals surface area contributed by atoms with Crippen molar-refractivity contribution in [3.63, 3.8) is 0 Å². The Morgan fingerprint density at radius 2 is 1.84 bits per heavy atom. The topological polar surface area (TPSA) is 77.6 Å². The van der Waals surface area contributed by atoms with E-state index in [1.807, 2.05) is 0 Å². The van der Waals surface area contributed by atoms with Gasteiger partial charge in [-0.2, -0.15) is 0 Å². The fourth-order valence-corrected chi connectivity index (χ4v) is 7.02. The van der Waals surface area contributed by atoms with Crippen molar-refractivity contribution in [2.24, 2.45) is 29.1 Å². The minimum Gasteiger partial charge on any atom is -0.356 e. The van der Waals surface area contributed by atoms with Gasteiger partial charge in [-0.3, -0.25) is 9.59 Å². The third-order valence-corrected chi connectivity index (χ3v) is 9.09. The summed E-state index contributed by atoms with van der Waals surface area (Å²) in [4.78, 5) is 35.5. The van der Waals surface area contributed by atoms with Gasteiger partial charge in [0.25, 0.3) is 0 Å². The van der Waals surface area contributed by atoms with E-state index in [0.717, 1.165) is 55.8 Å². The molecule has 1 spiro atoms. The summed E-state index contributed by atoms with van der Waals surface area (Å²) in [6.07, 6.45) is 9.27. The van der Waals surface area contributed by atoms with Gasteiger partial charge in [0.1, 0.15) is 0 Å². The third-order valence-electron chi connectivity index (χ3n) is 7.70. The Balaban J connectivity index is 1.20.